The molecule has 0 radical (unpaired) electrons. The van der Waals surface area contributed by atoms with Crippen molar-refractivity contribution in [3.05, 3.63) is 95.8 Å². The zero-order chi connectivity index (χ0) is 24.0. The third-order valence-electron chi connectivity index (χ3n) is 4.90. The van der Waals surface area contributed by atoms with Crippen LogP contribution in [0.5, 0.6) is 0 Å². The molecule has 0 bridgehead atoms. The van der Waals surface area contributed by atoms with Gasteiger partial charge >= 0.3 is 0 Å². The summed E-state index contributed by atoms with van der Waals surface area (Å²) in [6.45, 7) is 1.31. The summed E-state index contributed by atoms with van der Waals surface area (Å²) in [6, 6.07) is 20.4. The van der Waals surface area contributed by atoms with Gasteiger partial charge in [0.1, 0.15) is 12.4 Å². The van der Waals surface area contributed by atoms with Crippen LogP contribution in [0.4, 0.5) is 15.8 Å². The number of nitrogens with zero attached hydrogens (tertiary/aromatic N) is 1. The van der Waals surface area contributed by atoms with Crippen LogP contribution in [0.15, 0.2) is 78.9 Å². The molecule has 2 amide bonds. The van der Waals surface area contributed by atoms with Gasteiger partial charge in [-0.1, -0.05) is 42.5 Å². The van der Waals surface area contributed by atoms with Crippen LogP contribution in [0, 0.1) is 5.82 Å². The first kappa shape index (κ1) is 23.9. The highest BCUT2D eigenvalue weighted by atomic mass is 32.2. The highest BCUT2D eigenvalue weighted by Crippen LogP contribution is 2.20. The fraction of sp³-hybridized carbons (Fsp3) is 0.167. The molecule has 0 saturated carbocycles. The van der Waals surface area contributed by atoms with Crippen molar-refractivity contribution in [1.29, 1.82) is 0 Å². The molecule has 3 rings (SSSR count). The summed E-state index contributed by atoms with van der Waals surface area (Å²) >= 11 is 0. The van der Waals surface area contributed by atoms with E-state index in [0.29, 0.717) is 0 Å². The molecule has 0 aromatic heterocycles. The minimum absolute atomic E-state index is 0.150. The maximum Gasteiger partial charge on any atom is 0.253 e. The largest absolute Gasteiger partial charge is 0.345 e. The fourth-order valence-electron chi connectivity index (χ4n) is 3.22. The van der Waals surface area contributed by atoms with Crippen molar-refractivity contribution in [1.82, 2.24) is 5.32 Å². The number of nitrogens with one attached hydrogen (secondary N) is 2. The Balaban J connectivity index is 1.76. The third-order valence-corrected chi connectivity index (χ3v) is 6.04. The van der Waals surface area contributed by atoms with Crippen LogP contribution in [0.1, 0.15) is 28.9 Å². The Bertz CT molecular complexity index is 1230. The predicted octanol–water partition coefficient (Wildman–Crippen LogP) is 3.72. The summed E-state index contributed by atoms with van der Waals surface area (Å²) in [5.74, 6) is -1.57. The van der Waals surface area contributed by atoms with Gasteiger partial charge in [-0.05, 0) is 48.9 Å². The normalized spacial score (nSPS) is 12.0. The molecule has 0 aliphatic carbocycles. The molecule has 9 heteroatoms. The summed E-state index contributed by atoms with van der Waals surface area (Å²) in [6.07, 6.45) is 0.954. The summed E-state index contributed by atoms with van der Waals surface area (Å²) in [5.41, 5.74) is 1.56. The van der Waals surface area contributed by atoms with Crippen LogP contribution in [0.25, 0.3) is 0 Å². The maximum atomic E-state index is 13.2. The highest BCUT2D eigenvalue weighted by molar-refractivity contribution is 7.92. The molecule has 7 nitrogen and oxygen atoms in total. The number of para-hydroxylation sites is 1. The van der Waals surface area contributed by atoms with E-state index in [2.05, 4.69) is 10.6 Å². The Morgan fingerprint density at radius 3 is 2.18 bits per heavy atom. The third kappa shape index (κ3) is 6.39. The van der Waals surface area contributed by atoms with E-state index in [4.69, 9.17) is 0 Å². The quantitative estimate of drug-likeness (QED) is 0.526. The second kappa shape index (κ2) is 10.3. The minimum Gasteiger partial charge on any atom is -0.345 e. The maximum absolute atomic E-state index is 13.2. The van der Waals surface area contributed by atoms with Crippen molar-refractivity contribution >= 4 is 33.2 Å². The van der Waals surface area contributed by atoms with Crippen molar-refractivity contribution < 1.29 is 22.4 Å². The molecule has 3 aromatic rings. The van der Waals surface area contributed by atoms with Crippen LogP contribution >= 0.6 is 0 Å². The number of halogens is 1. The molecule has 3 aromatic carbocycles. The molecule has 0 aliphatic heterocycles. The van der Waals surface area contributed by atoms with E-state index in [9.17, 15) is 22.4 Å². The van der Waals surface area contributed by atoms with Crippen molar-refractivity contribution in [2.24, 2.45) is 0 Å². The number of hydrogen-bond donors (Lipinski definition) is 2. The molecule has 2 N–H and O–H groups in total. The van der Waals surface area contributed by atoms with E-state index in [1.165, 1.54) is 12.1 Å². The van der Waals surface area contributed by atoms with E-state index in [1.807, 2.05) is 37.3 Å². The van der Waals surface area contributed by atoms with Gasteiger partial charge in [0.2, 0.25) is 15.9 Å². The van der Waals surface area contributed by atoms with Gasteiger partial charge in [-0.3, -0.25) is 13.9 Å². The van der Waals surface area contributed by atoms with Crippen LogP contribution in [-0.2, 0) is 14.8 Å². The first-order valence-electron chi connectivity index (χ1n) is 10.1. The topological polar surface area (TPSA) is 95.6 Å². The average molecular weight is 470 g/mol. The first-order chi connectivity index (χ1) is 15.6. The number of anilines is 2. The van der Waals surface area contributed by atoms with Gasteiger partial charge in [-0.2, -0.15) is 0 Å². The Hall–Kier alpha value is -3.72. The lowest BCUT2D eigenvalue weighted by atomic mass is 10.1. The lowest BCUT2D eigenvalue weighted by Crippen LogP contribution is -2.37. The first-order valence-corrected chi connectivity index (χ1v) is 12.0. The Morgan fingerprint density at radius 2 is 1.55 bits per heavy atom. The predicted molar refractivity (Wildman–Crippen MR) is 126 cm³/mol. The summed E-state index contributed by atoms with van der Waals surface area (Å²) in [4.78, 5) is 25.6. The highest BCUT2D eigenvalue weighted by Gasteiger charge is 2.22. The average Bonchev–Trinajstić information content (AvgIpc) is 2.78. The molecule has 172 valence electrons. The van der Waals surface area contributed by atoms with Crippen LogP contribution < -0.4 is 14.9 Å². The summed E-state index contributed by atoms with van der Waals surface area (Å²) in [5, 5.41) is 5.50. The van der Waals surface area contributed by atoms with Crippen molar-refractivity contribution in [2.45, 2.75) is 13.0 Å². The lowest BCUT2D eigenvalue weighted by Gasteiger charge is -2.22. The van der Waals surface area contributed by atoms with Gasteiger partial charge in [0.15, 0.2) is 0 Å². The van der Waals surface area contributed by atoms with Crippen molar-refractivity contribution in [3.63, 3.8) is 0 Å². The summed E-state index contributed by atoms with van der Waals surface area (Å²) < 4.78 is 38.5. The van der Waals surface area contributed by atoms with E-state index >= 15 is 0 Å². The smallest absolute Gasteiger partial charge is 0.253 e. The van der Waals surface area contributed by atoms with Crippen LogP contribution in [0.2, 0.25) is 0 Å². The number of hydrogen-bond acceptors (Lipinski definition) is 4. The van der Waals surface area contributed by atoms with E-state index in [1.54, 1.807) is 24.3 Å². The molecular formula is C24H24FN3O4S. The number of rotatable bonds is 8. The Labute approximate surface area is 192 Å². The molecule has 0 saturated heterocycles. The van der Waals surface area contributed by atoms with Gasteiger partial charge in [0, 0.05) is 0 Å². The Morgan fingerprint density at radius 1 is 0.939 bits per heavy atom. The standard InChI is InChI=1S/C24H24FN3O4S/c1-17(18-8-4-3-5-9-18)26-24(30)21-10-6-7-11-22(21)27-23(29)16-28(33(2,31)32)20-14-12-19(25)13-15-20/h3-15,17H,16H2,1-2H3,(H,26,30)(H,27,29)/t17-/m0/s1. The number of amides is 2. The van der Waals surface area contributed by atoms with Gasteiger partial charge < -0.3 is 10.6 Å². The fourth-order valence-corrected chi connectivity index (χ4v) is 4.07. The van der Waals surface area contributed by atoms with Crippen molar-refractivity contribution in [2.75, 3.05) is 22.4 Å². The van der Waals surface area contributed by atoms with Crippen LogP contribution in [0.3, 0.4) is 0 Å². The Kier molecular flexibility index (Phi) is 7.44. The summed E-state index contributed by atoms with van der Waals surface area (Å²) in [7, 11) is -3.82. The van der Waals surface area contributed by atoms with E-state index < -0.39 is 28.3 Å². The molecule has 0 fully saturated rings. The van der Waals surface area contributed by atoms with E-state index in [-0.39, 0.29) is 28.9 Å². The zero-order valence-electron chi connectivity index (χ0n) is 18.2. The van der Waals surface area contributed by atoms with Crippen LogP contribution in [-0.4, -0.2) is 33.0 Å². The second-order valence-corrected chi connectivity index (χ2v) is 9.35. The molecule has 0 spiro atoms. The molecule has 0 unspecified atom stereocenters. The number of carbonyl (C=O) groups excluding carboxylic acids is 2. The monoisotopic (exact) mass is 469 g/mol. The molecule has 33 heavy (non-hydrogen) atoms. The lowest BCUT2D eigenvalue weighted by molar-refractivity contribution is -0.114. The number of carbonyl (C=O) groups is 2. The molecule has 0 heterocycles. The van der Waals surface area contributed by atoms with E-state index in [0.717, 1.165) is 28.3 Å². The molecule has 0 aliphatic rings. The molecular weight excluding hydrogens is 445 g/mol. The zero-order valence-corrected chi connectivity index (χ0v) is 19.0. The molecule has 1 atom stereocenters. The van der Waals surface area contributed by atoms with Crippen molar-refractivity contribution in [3.8, 4) is 0 Å². The minimum atomic E-state index is -3.82. The second-order valence-electron chi connectivity index (χ2n) is 7.45. The van der Waals surface area contributed by atoms with Gasteiger partial charge in [0.25, 0.3) is 5.91 Å². The van der Waals surface area contributed by atoms with Gasteiger partial charge in [0.05, 0.1) is 29.2 Å². The number of benzene rings is 3. The number of sulfonamides is 1. The van der Waals surface area contributed by atoms with Gasteiger partial charge in [-0.25, -0.2) is 12.8 Å². The SMILES string of the molecule is C[C@H](NC(=O)c1ccccc1NC(=O)CN(c1ccc(F)cc1)S(C)(=O)=O)c1ccccc1. The van der Waals surface area contributed by atoms with Gasteiger partial charge in [-0.15, -0.1) is 0 Å².